The summed E-state index contributed by atoms with van der Waals surface area (Å²) in [4.78, 5) is 10.4. The molecule has 0 aromatic heterocycles. The summed E-state index contributed by atoms with van der Waals surface area (Å²) in [6.45, 7) is 0.415. The summed E-state index contributed by atoms with van der Waals surface area (Å²) in [6, 6.07) is 2.85. The first-order valence-electron chi connectivity index (χ1n) is 5.38. The Bertz CT molecular complexity index is 429. The molecule has 7 heteroatoms. The van der Waals surface area contributed by atoms with Crippen molar-refractivity contribution >= 4 is 44.8 Å². The minimum absolute atomic E-state index is 0.133. The highest BCUT2D eigenvalue weighted by Crippen LogP contribution is 2.37. The Labute approximate surface area is 123 Å². The smallest absolute Gasteiger partial charge is 0.313 e. The third kappa shape index (κ3) is 4.63. The van der Waals surface area contributed by atoms with Crippen molar-refractivity contribution in [2.45, 2.75) is 19.3 Å². The molecule has 1 rings (SSSR count). The van der Waals surface area contributed by atoms with Gasteiger partial charge in [0.25, 0.3) is 0 Å². The van der Waals surface area contributed by atoms with Gasteiger partial charge in [0.15, 0.2) is 0 Å². The standard InChI is InChI=1S/C11H12BrCl2NO3/c12-9-6-8(14)7-10(15(16)17)11(9)18-5-3-1-2-4-13/h6-7H,1-5H2. The van der Waals surface area contributed by atoms with E-state index in [-0.39, 0.29) is 11.4 Å². The Morgan fingerprint density at radius 3 is 2.67 bits per heavy atom. The van der Waals surface area contributed by atoms with Crippen molar-refractivity contribution in [1.29, 1.82) is 0 Å². The molecule has 0 aliphatic rings. The second-order valence-electron chi connectivity index (χ2n) is 3.59. The fourth-order valence-corrected chi connectivity index (χ4v) is 2.47. The van der Waals surface area contributed by atoms with Crippen molar-refractivity contribution in [3.63, 3.8) is 0 Å². The van der Waals surface area contributed by atoms with Crippen LogP contribution in [0.2, 0.25) is 5.02 Å². The van der Waals surface area contributed by atoms with E-state index in [1.165, 1.54) is 6.07 Å². The van der Waals surface area contributed by atoms with E-state index in [1.807, 2.05) is 0 Å². The third-order valence-electron chi connectivity index (χ3n) is 2.21. The number of hydrogen-bond donors (Lipinski definition) is 0. The maximum Gasteiger partial charge on any atom is 0.313 e. The van der Waals surface area contributed by atoms with Crippen LogP contribution in [-0.4, -0.2) is 17.4 Å². The number of unbranched alkanes of at least 4 members (excludes halogenated alkanes) is 2. The van der Waals surface area contributed by atoms with Gasteiger partial charge in [0, 0.05) is 17.0 Å². The summed E-state index contributed by atoms with van der Waals surface area (Å²) < 4.78 is 5.93. The zero-order chi connectivity index (χ0) is 13.5. The largest absolute Gasteiger partial charge is 0.486 e. The molecule has 0 aliphatic carbocycles. The van der Waals surface area contributed by atoms with Gasteiger partial charge in [-0.1, -0.05) is 11.6 Å². The number of nitrogens with zero attached hydrogens (tertiary/aromatic N) is 1. The molecular weight excluding hydrogens is 345 g/mol. The van der Waals surface area contributed by atoms with E-state index in [1.54, 1.807) is 6.07 Å². The molecule has 0 radical (unpaired) electrons. The average molecular weight is 357 g/mol. The molecule has 0 aliphatic heterocycles. The lowest BCUT2D eigenvalue weighted by Crippen LogP contribution is -2.01. The number of rotatable bonds is 7. The first kappa shape index (κ1) is 15.5. The number of alkyl halides is 1. The molecule has 1 aromatic rings. The van der Waals surface area contributed by atoms with Gasteiger partial charge in [-0.25, -0.2) is 0 Å². The molecule has 0 amide bonds. The molecule has 0 bridgehead atoms. The van der Waals surface area contributed by atoms with Crippen molar-refractivity contribution in [2.24, 2.45) is 0 Å². The van der Waals surface area contributed by atoms with Crippen LogP contribution >= 0.6 is 39.1 Å². The van der Waals surface area contributed by atoms with E-state index < -0.39 is 4.92 Å². The maximum absolute atomic E-state index is 10.9. The lowest BCUT2D eigenvalue weighted by Gasteiger charge is -2.08. The second kappa shape index (κ2) is 7.81. The topological polar surface area (TPSA) is 52.4 Å². The molecule has 1 aromatic carbocycles. The summed E-state index contributed by atoms with van der Waals surface area (Å²) in [5.41, 5.74) is -0.133. The molecular formula is C11H12BrCl2NO3. The van der Waals surface area contributed by atoms with Gasteiger partial charge in [-0.05, 0) is 41.3 Å². The average Bonchev–Trinajstić information content (AvgIpc) is 2.30. The molecule has 0 saturated carbocycles. The van der Waals surface area contributed by atoms with Crippen LogP contribution in [0.4, 0.5) is 5.69 Å². The van der Waals surface area contributed by atoms with Crippen LogP contribution < -0.4 is 4.74 Å². The van der Waals surface area contributed by atoms with Gasteiger partial charge in [-0.3, -0.25) is 10.1 Å². The van der Waals surface area contributed by atoms with Gasteiger partial charge in [-0.15, -0.1) is 11.6 Å². The Kier molecular flexibility index (Phi) is 6.75. The zero-order valence-corrected chi connectivity index (χ0v) is 12.6. The molecule has 100 valence electrons. The van der Waals surface area contributed by atoms with Crippen LogP contribution in [0.15, 0.2) is 16.6 Å². The number of nitro groups is 1. The summed E-state index contributed by atoms with van der Waals surface area (Å²) in [7, 11) is 0. The summed E-state index contributed by atoms with van der Waals surface area (Å²) >= 11 is 14.5. The highest BCUT2D eigenvalue weighted by atomic mass is 79.9. The predicted octanol–water partition coefficient (Wildman–Crippen LogP) is 4.80. The van der Waals surface area contributed by atoms with Crippen molar-refractivity contribution in [1.82, 2.24) is 0 Å². The molecule has 0 saturated heterocycles. The van der Waals surface area contributed by atoms with Crippen LogP contribution in [0.3, 0.4) is 0 Å². The van der Waals surface area contributed by atoms with Crippen molar-refractivity contribution in [3.8, 4) is 5.75 Å². The summed E-state index contributed by atoms with van der Waals surface area (Å²) in [5, 5.41) is 11.2. The molecule has 0 spiro atoms. The zero-order valence-electron chi connectivity index (χ0n) is 9.50. The molecule has 0 unspecified atom stereocenters. The number of ether oxygens (including phenoxy) is 1. The predicted molar refractivity (Wildman–Crippen MR) is 75.9 cm³/mol. The number of nitro benzene ring substituents is 1. The number of hydrogen-bond acceptors (Lipinski definition) is 3. The normalized spacial score (nSPS) is 10.4. The highest BCUT2D eigenvalue weighted by Gasteiger charge is 2.19. The molecule has 4 nitrogen and oxygen atoms in total. The quantitative estimate of drug-likeness (QED) is 0.305. The number of benzene rings is 1. The monoisotopic (exact) mass is 355 g/mol. The van der Waals surface area contributed by atoms with Crippen molar-refractivity contribution in [3.05, 3.63) is 31.7 Å². The van der Waals surface area contributed by atoms with E-state index in [0.717, 1.165) is 19.3 Å². The number of halogens is 3. The van der Waals surface area contributed by atoms with Crippen LogP contribution in [0, 0.1) is 10.1 Å². The van der Waals surface area contributed by atoms with Crippen LogP contribution in [0.1, 0.15) is 19.3 Å². The van der Waals surface area contributed by atoms with E-state index in [9.17, 15) is 10.1 Å². The Morgan fingerprint density at radius 2 is 2.06 bits per heavy atom. The first-order chi connectivity index (χ1) is 8.56. The van der Waals surface area contributed by atoms with E-state index >= 15 is 0 Å². The second-order valence-corrected chi connectivity index (χ2v) is 5.26. The first-order valence-corrected chi connectivity index (χ1v) is 7.09. The Morgan fingerprint density at radius 1 is 1.33 bits per heavy atom. The van der Waals surface area contributed by atoms with Gasteiger partial charge in [0.2, 0.25) is 5.75 Å². The van der Waals surface area contributed by atoms with Crippen molar-refractivity contribution < 1.29 is 9.66 Å². The summed E-state index contributed by atoms with van der Waals surface area (Å²) in [6.07, 6.45) is 2.65. The van der Waals surface area contributed by atoms with E-state index in [0.29, 0.717) is 22.0 Å². The molecule has 0 N–H and O–H groups in total. The van der Waals surface area contributed by atoms with Crippen LogP contribution in [0.25, 0.3) is 0 Å². The molecule has 0 atom stereocenters. The van der Waals surface area contributed by atoms with Gasteiger partial charge >= 0.3 is 5.69 Å². The molecule has 0 heterocycles. The van der Waals surface area contributed by atoms with Crippen LogP contribution in [-0.2, 0) is 0 Å². The summed E-state index contributed by atoms with van der Waals surface area (Å²) in [5.74, 6) is 0.834. The van der Waals surface area contributed by atoms with E-state index in [4.69, 9.17) is 27.9 Å². The fraction of sp³-hybridized carbons (Fsp3) is 0.455. The van der Waals surface area contributed by atoms with Gasteiger partial charge in [0.05, 0.1) is 16.0 Å². The minimum atomic E-state index is -0.509. The molecule has 18 heavy (non-hydrogen) atoms. The highest BCUT2D eigenvalue weighted by molar-refractivity contribution is 9.10. The van der Waals surface area contributed by atoms with Gasteiger partial charge in [0.1, 0.15) is 0 Å². The Hall–Kier alpha value is -0.520. The van der Waals surface area contributed by atoms with Crippen molar-refractivity contribution in [2.75, 3.05) is 12.5 Å². The molecule has 0 fully saturated rings. The van der Waals surface area contributed by atoms with Crippen LogP contribution in [0.5, 0.6) is 5.75 Å². The maximum atomic E-state index is 10.9. The van der Waals surface area contributed by atoms with E-state index in [2.05, 4.69) is 15.9 Å². The Balaban J connectivity index is 2.71. The lowest BCUT2D eigenvalue weighted by molar-refractivity contribution is -0.385. The van der Waals surface area contributed by atoms with Gasteiger partial charge in [-0.2, -0.15) is 0 Å². The SMILES string of the molecule is O=[N+]([O-])c1cc(Cl)cc(Br)c1OCCCCCCl. The van der Waals surface area contributed by atoms with Gasteiger partial charge < -0.3 is 4.74 Å². The lowest BCUT2D eigenvalue weighted by atomic mass is 10.2. The minimum Gasteiger partial charge on any atom is -0.486 e. The third-order valence-corrected chi connectivity index (χ3v) is 3.28. The fourth-order valence-electron chi connectivity index (χ4n) is 1.37.